The zero-order valence-electron chi connectivity index (χ0n) is 17.0. The van der Waals surface area contributed by atoms with Crippen LogP contribution in [0.25, 0.3) is 11.4 Å². The third-order valence-electron chi connectivity index (χ3n) is 4.25. The first-order valence-corrected chi connectivity index (χ1v) is 12.3. The molecule has 0 aliphatic carbocycles. The lowest BCUT2D eigenvalue weighted by Gasteiger charge is -2.19. The molecule has 0 bridgehead atoms. The van der Waals surface area contributed by atoms with Crippen LogP contribution in [-0.4, -0.2) is 47.6 Å². The molecule has 0 saturated carbocycles. The third kappa shape index (κ3) is 6.12. The van der Waals surface area contributed by atoms with Crippen LogP contribution in [0.4, 0.5) is 0 Å². The number of rotatable bonds is 10. The molecule has 31 heavy (non-hydrogen) atoms. The molecule has 1 aromatic carbocycles. The number of esters is 1. The number of nitrogens with one attached hydrogen (secondary N) is 1. The second-order valence-electron chi connectivity index (χ2n) is 6.55. The van der Waals surface area contributed by atoms with Gasteiger partial charge in [0.05, 0.1) is 4.90 Å². The Balaban J connectivity index is 1.71. The number of aromatic nitrogens is 3. The van der Waals surface area contributed by atoms with Gasteiger partial charge in [0, 0.05) is 18.0 Å². The van der Waals surface area contributed by atoms with Gasteiger partial charge in [0.1, 0.15) is 6.04 Å². The number of ether oxygens (including phenoxy) is 1. The van der Waals surface area contributed by atoms with Gasteiger partial charge in [-0.3, -0.25) is 9.78 Å². The number of carbonyl (C=O) groups is 1. The van der Waals surface area contributed by atoms with E-state index in [1.807, 2.05) is 6.26 Å². The van der Waals surface area contributed by atoms with E-state index >= 15 is 0 Å². The highest BCUT2D eigenvalue weighted by molar-refractivity contribution is 7.98. The fraction of sp³-hybridized carbons (Fsp3) is 0.300. The molecular weight excluding hydrogens is 440 g/mol. The average molecular weight is 463 g/mol. The van der Waals surface area contributed by atoms with Gasteiger partial charge in [-0.1, -0.05) is 23.4 Å². The van der Waals surface area contributed by atoms with Gasteiger partial charge >= 0.3 is 5.97 Å². The first-order valence-electron chi connectivity index (χ1n) is 9.41. The molecule has 3 aromatic rings. The zero-order valence-corrected chi connectivity index (χ0v) is 18.6. The highest BCUT2D eigenvalue weighted by atomic mass is 32.2. The van der Waals surface area contributed by atoms with Gasteiger partial charge in [0.2, 0.25) is 15.8 Å². The minimum atomic E-state index is -3.89. The van der Waals surface area contributed by atoms with Crippen LogP contribution in [-0.2, 0) is 19.6 Å². The number of pyridine rings is 1. The molecule has 164 valence electrons. The van der Waals surface area contributed by atoms with E-state index in [0.717, 1.165) is 0 Å². The third-order valence-corrected chi connectivity index (χ3v) is 6.38. The summed E-state index contributed by atoms with van der Waals surface area (Å²) in [6, 6.07) is 10.3. The molecule has 0 aliphatic rings. The molecule has 0 amide bonds. The van der Waals surface area contributed by atoms with E-state index in [1.54, 1.807) is 49.6 Å². The summed E-state index contributed by atoms with van der Waals surface area (Å²) in [5, 5.41) is 3.88. The van der Waals surface area contributed by atoms with Crippen LogP contribution in [0.5, 0.6) is 0 Å². The lowest BCUT2D eigenvalue weighted by atomic mass is 10.2. The normalized spacial score (nSPS) is 13.5. The predicted molar refractivity (Wildman–Crippen MR) is 116 cm³/mol. The molecule has 0 aliphatic heterocycles. The maximum atomic E-state index is 12.8. The Morgan fingerprint density at radius 3 is 2.68 bits per heavy atom. The molecule has 11 heteroatoms. The SMILES string of the molecule is CSCCC(NS(=O)(=O)c1ccccc1)C(=O)OC(C)c1nc(-c2cccnc2)no1. The smallest absolute Gasteiger partial charge is 0.324 e. The van der Waals surface area contributed by atoms with Crippen molar-refractivity contribution in [1.29, 1.82) is 0 Å². The highest BCUT2D eigenvalue weighted by Crippen LogP contribution is 2.21. The van der Waals surface area contributed by atoms with Gasteiger partial charge in [-0.2, -0.15) is 21.5 Å². The largest absolute Gasteiger partial charge is 0.451 e. The lowest BCUT2D eigenvalue weighted by molar-refractivity contribution is -0.151. The van der Waals surface area contributed by atoms with Crippen LogP contribution in [0.2, 0.25) is 0 Å². The zero-order chi connectivity index (χ0) is 22.3. The van der Waals surface area contributed by atoms with E-state index in [9.17, 15) is 13.2 Å². The molecule has 2 aromatic heterocycles. The Hall–Kier alpha value is -2.76. The Kier molecular flexibility index (Phi) is 7.77. The van der Waals surface area contributed by atoms with E-state index in [4.69, 9.17) is 9.26 Å². The fourth-order valence-corrected chi connectivity index (χ4v) is 4.35. The monoisotopic (exact) mass is 462 g/mol. The van der Waals surface area contributed by atoms with Crippen molar-refractivity contribution in [3.63, 3.8) is 0 Å². The van der Waals surface area contributed by atoms with Crippen LogP contribution in [0, 0.1) is 0 Å². The van der Waals surface area contributed by atoms with Crippen molar-refractivity contribution in [2.45, 2.75) is 30.4 Å². The molecule has 1 N–H and O–H groups in total. The van der Waals surface area contributed by atoms with Crippen LogP contribution in [0.1, 0.15) is 25.3 Å². The predicted octanol–water partition coefficient (Wildman–Crippen LogP) is 2.84. The number of benzene rings is 1. The first kappa shape index (κ1) is 22.9. The average Bonchev–Trinajstić information content (AvgIpc) is 3.28. The molecule has 0 spiro atoms. The van der Waals surface area contributed by atoms with Crippen LogP contribution >= 0.6 is 11.8 Å². The summed E-state index contributed by atoms with van der Waals surface area (Å²) in [7, 11) is -3.89. The molecule has 3 rings (SSSR count). The molecular formula is C20H22N4O5S2. The number of nitrogens with zero attached hydrogens (tertiary/aromatic N) is 3. The summed E-state index contributed by atoms with van der Waals surface area (Å²) < 4.78 is 38.4. The minimum Gasteiger partial charge on any atom is -0.451 e. The van der Waals surface area contributed by atoms with E-state index in [2.05, 4.69) is 19.8 Å². The number of carbonyl (C=O) groups excluding carboxylic acids is 1. The molecule has 9 nitrogen and oxygen atoms in total. The summed E-state index contributed by atoms with van der Waals surface area (Å²) >= 11 is 1.50. The Morgan fingerprint density at radius 2 is 2.00 bits per heavy atom. The lowest BCUT2D eigenvalue weighted by Crippen LogP contribution is -2.42. The van der Waals surface area contributed by atoms with Crippen molar-refractivity contribution in [1.82, 2.24) is 19.8 Å². The summed E-state index contributed by atoms with van der Waals surface area (Å²) in [5.74, 6) is 0.260. The van der Waals surface area contributed by atoms with Crippen LogP contribution in [0.15, 0.2) is 64.3 Å². The summed E-state index contributed by atoms with van der Waals surface area (Å²) in [6.07, 6.45) is 4.49. The Bertz CT molecular complexity index is 1090. The number of sulfonamides is 1. The van der Waals surface area contributed by atoms with Gasteiger partial charge in [0.15, 0.2) is 6.10 Å². The molecule has 2 heterocycles. The molecule has 0 fully saturated rings. The van der Waals surface area contributed by atoms with Crippen LogP contribution < -0.4 is 4.72 Å². The van der Waals surface area contributed by atoms with E-state index in [-0.39, 0.29) is 17.2 Å². The van der Waals surface area contributed by atoms with Crippen molar-refractivity contribution < 1.29 is 22.5 Å². The summed E-state index contributed by atoms with van der Waals surface area (Å²) in [6.45, 7) is 1.58. The maximum Gasteiger partial charge on any atom is 0.324 e. The van der Waals surface area contributed by atoms with Crippen molar-refractivity contribution in [3.05, 3.63) is 60.7 Å². The molecule has 2 atom stereocenters. The van der Waals surface area contributed by atoms with Crippen molar-refractivity contribution in [2.24, 2.45) is 0 Å². The van der Waals surface area contributed by atoms with Gasteiger partial charge in [-0.05, 0) is 49.6 Å². The summed E-state index contributed by atoms with van der Waals surface area (Å²) in [4.78, 5) is 21.1. The number of hydrogen-bond acceptors (Lipinski definition) is 9. The van der Waals surface area contributed by atoms with Crippen LogP contribution in [0.3, 0.4) is 0 Å². The second-order valence-corrected chi connectivity index (χ2v) is 9.25. The quantitative estimate of drug-likeness (QED) is 0.453. The van der Waals surface area contributed by atoms with Gasteiger partial charge in [-0.25, -0.2) is 8.42 Å². The Morgan fingerprint density at radius 1 is 1.23 bits per heavy atom. The Labute approximate surface area is 184 Å². The highest BCUT2D eigenvalue weighted by Gasteiger charge is 2.29. The topological polar surface area (TPSA) is 124 Å². The van der Waals surface area contributed by atoms with Gasteiger partial charge < -0.3 is 9.26 Å². The van der Waals surface area contributed by atoms with E-state index in [0.29, 0.717) is 17.1 Å². The van der Waals surface area contributed by atoms with Gasteiger partial charge in [0.25, 0.3) is 5.89 Å². The van der Waals surface area contributed by atoms with E-state index < -0.39 is 28.1 Å². The van der Waals surface area contributed by atoms with Crippen molar-refractivity contribution >= 4 is 27.8 Å². The fourth-order valence-electron chi connectivity index (χ4n) is 2.63. The number of hydrogen-bond donors (Lipinski definition) is 1. The molecule has 2 unspecified atom stereocenters. The minimum absolute atomic E-state index is 0.0722. The van der Waals surface area contributed by atoms with Gasteiger partial charge in [-0.15, -0.1) is 0 Å². The van der Waals surface area contributed by atoms with Crippen molar-refractivity contribution in [3.8, 4) is 11.4 Å². The second kappa shape index (κ2) is 10.5. The number of thioether (sulfide) groups is 1. The van der Waals surface area contributed by atoms with E-state index in [1.165, 1.54) is 23.9 Å². The molecule has 0 saturated heterocycles. The summed E-state index contributed by atoms with van der Waals surface area (Å²) in [5.41, 5.74) is 0.657. The van der Waals surface area contributed by atoms with Crippen molar-refractivity contribution in [2.75, 3.05) is 12.0 Å². The first-order chi connectivity index (χ1) is 14.9. The standard InChI is InChI=1S/C20H22N4O5S2/c1-14(19-22-18(23-29-19)15-7-6-11-21-13-15)28-20(25)17(10-12-30-2)24-31(26,27)16-8-4-3-5-9-16/h3-9,11,13-14,17,24H,10,12H2,1-2H3. The maximum absolute atomic E-state index is 12.8. The molecule has 0 radical (unpaired) electrons.